The van der Waals surface area contributed by atoms with Gasteiger partial charge in [0.25, 0.3) is 0 Å². The van der Waals surface area contributed by atoms with Crippen molar-refractivity contribution in [2.45, 2.75) is 469 Å². The third kappa shape index (κ3) is 80.0. The molecule has 0 aliphatic carbocycles. The molecule has 0 spiro atoms. The number of esters is 2. The molecule has 0 aromatic carbocycles. The average Bonchev–Trinajstić information content (AvgIpc) is 3.64. The number of allylic oxidation sites excluding steroid dienone is 10. The number of unbranched alkanes of at least 4 members (excludes halogenated alkanes) is 61. The second-order valence-electron chi connectivity index (χ2n) is 28.5. The summed E-state index contributed by atoms with van der Waals surface area (Å²) >= 11 is 0. The van der Waals surface area contributed by atoms with E-state index in [2.05, 4.69) is 74.6 Å². The average molecular weight is 1290 g/mol. The summed E-state index contributed by atoms with van der Waals surface area (Å²) in [5, 5.41) is 9.74. The van der Waals surface area contributed by atoms with Crippen molar-refractivity contribution in [2.75, 3.05) is 13.2 Å². The van der Waals surface area contributed by atoms with Crippen LogP contribution in [-0.4, -0.2) is 36.4 Å². The van der Waals surface area contributed by atoms with Crippen molar-refractivity contribution < 1.29 is 24.2 Å². The highest BCUT2D eigenvalue weighted by molar-refractivity contribution is 5.70. The second-order valence-corrected chi connectivity index (χ2v) is 28.5. The van der Waals surface area contributed by atoms with Crippen LogP contribution in [0.4, 0.5) is 0 Å². The van der Waals surface area contributed by atoms with Gasteiger partial charge in [-0.05, 0) is 77.0 Å². The summed E-state index contributed by atoms with van der Waals surface area (Å²) in [6.45, 7) is 4.10. The van der Waals surface area contributed by atoms with E-state index in [0.29, 0.717) is 12.8 Å². The zero-order valence-electron chi connectivity index (χ0n) is 62.3. The molecule has 5 heteroatoms. The Balaban J connectivity index is 3.35. The van der Waals surface area contributed by atoms with Gasteiger partial charge < -0.3 is 14.6 Å². The Morgan fingerprint density at radius 3 is 0.717 bits per heavy atom. The van der Waals surface area contributed by atoms with Crippen LogP contribution < -0.4 is 0 Å². The third-order valence-corrected chi connectivity index (χ3v) is 19.3. The molecule has 0 aliphatic rings. The van der Waals surface area contributed by atoms with Gasteiger partial charge >= 0.3 is 11.9 Å². The number of aliphatic hydroxyl groups excluding tert-OH is 1. The van der Waals surface area contributed by atoms with Crippen molar-refractivity contribution in [2.24, 2.45) is 0 Å². The zero-order valence-corrected chi connectivity index (χ0v) is 62.3. The topological polar surface area (TPSA) is 72.8 Å². The molecule has 0 aromatic rings. The largest absolute Gasteiger partial charge is 0.462 e. The van der Waals surface area contributed by atoms with Crippen LogP contribution in [0.15, 0.2) is 60.8 Å². The minimum atomic E-state index is -0.771. The van der Waals surface area contributed by atoms with Gasteiger partial charge in [-0.25, -0.2) is 0 Å². The van der Waals surface area contributed by atoms with E-state index < -0.39 is 6.10 Å². The van der Waals surface area contributed by atoms with Crippen LogP contribution in [-0.2, 0) is 19.1 Å². The first kappa shape index (κ1) is 89.6. The molecule has 1 N–H and O–H groups in total. The molecule has 5 nitrogen and oxygen atoms in total. The lowest BCUT2D eigenvalue weighted by atomic mass is 10.0. The highest BCUT2D eigenvalue weighted by Gasteiger charge is 2.16. The van der Waals surface area contributed by atoms with E-state index in [-0.39, 0.29) is 25.2 Å². The maximum Gasteiger partial charge on any atom is 0.306 e. The molecule has 0 amide bonds. The molecule has 0 saturated heterocycles. The minimum Gasteiger partial charge on any atom is -0.462 e. The van der Waals surface area contributed by atoms with E-state index in [0.717, 1.165) is 57.8 Å². The van der Waals surface area contributed by atoms with Crippen molar-refractivity contribution in [3.8, 4) is 0 Å². The van der Waals surface area contributed by atoms with Crippen LogP contribution >= 0.6 is 0 Å². The van der Waals surface area contributed by atoms with Gasteiger partial charge in [-0.1, -0.05) is 434 Å². The molecule has 1 atom stereocenters. The number of carbonyl (C=O) groups excluding carboxylic acids is 2. The molecule has 92 heavy (non-hydrogen) atoms. The van der Waals surface area contributed by atoms with Gasteiger partial charge in [-0.15, -0.1) is 0 Å². The van der Waals surface area contributed by atoms with E-state index in [1.54, 1.807) is 0 Å². The van der Waals surface area contributed by atoms with Gasteiger partial charge in [0.05, 0.1) is 6.61 Å². The fraction of sp³-hybridized carbons (Fsp3) is 0.862. The highest BCUT2D eigenvalue weighted by Crippen LogP contribution is 2.20. The summed E-state index contributed by atoms with van der Waals surface area (Å²) in [7, 11) is 0. The molecule has 0 saturated carbocycles. The lowest BCUT2D eigenvalue weighted by molar-refractivity contribution is -0.161. The Bertz CT molecular complexity index is 1560. The molecule has 0 fully saturated rings. The van der Waals surface area contributed by atoms with Crippen LogP contribution in [0.3, 0.4) is 0 Å². The minimum absolute atomic E-state index is 0.0586. The summed E-state index contributed by atoms with van der Waals surface area (Å²) in [5.41, 5.74) is 0. The first-order chi connectivity index (χ1) is 45.6. The lowest BCUT2D eigenvalue weighted by Crippen LogP contribution is -2.28. The molecular weight excluding hydrogens is 1120 g/mol. The zero-order chi connectivity index (χ0) is 66.1. The molecule has 540 valence electrons. The predicted molar refractivity (Wildman–Crippen MR) is 408 cm³/mol. The first-order valence-electron chi connectivity index (χ1n) is 41.8. The fourth-order valence-electron chi connectivity index (χ4n) is 13.1. The summed E-state index contributed by atoms with van der Waals surface area (Å²) in [4.78, 5) is 24.7. The number of hydrogen-bond acceptors (Lipinski definition) is 5. The van der Waals surface area contributed by atoms with Gasteiger partial charge in [0.15, 0.2) is 6.10 Å². The van der Waals surface area contributed by atoms with Crippen LogP contribution in [0, 0.1) is 0 Å². The molecule has 0 radical (unpaired) electrons. The van der Waals surface area contributed by atoms with E-state index in [9.17, 15) is 14.7 Å². The number of hydrogen-bond donors (Lipinski definition) is 1. The normalized spacial score (nSPS) is 12.4. The van der Waals surface area contributed by atoms with Gasteiger partial charge in [-0.2, -0.15) is 0 Å². The third-order valence-electron chi connectivity index (χ3n) is 19.3. The Kier molecular flexibility index (Phi) is 80.7. The van der Waals surface area contributed by atoms with Gasteiger partial charge in [0.2, 0.25) is 0 Å². The number of ether oxygens (including phenoxy) is 2. The molecule has 0 aromatic heterocycles. The summed E-state index contributed by atoms with van der Waals surface area (Å²) in [6, 6.07) is 0. The van der Waals surface area contributed by atoms with E-state index in [1.165, 1.54) is 379 Å². The maximum atomic E-state index is 12.4. The Morgan fingerprint density at radius 2 is 0.467 bits per heavy atom. The number of aliphatic hydroxyl groups is 1. The molecule has 0 heterocycles. The molecule has 1 unspecified atom stereocenters. The summed E-state index contributed by atoms with van der Waals surface area (Å²) < 4.78 is 10.8. The van der Waals surface area contributed by atoms with Crippen LogP contribution in [0.2, 0.25) is 0 Å². The van der Waals surface area contributed by atoms with E-state index in [1.807, 2.05) is 0 Å². The number of rotatable bonds is 79. The van der Waals surface area contributed by atoms with Gasteiger partial charge in [0, 0.05) is 12.8 Å². The van der Waals surface area contributed by atoms with Crippen molar-refractivity contribution in [3.05, 3.63) is 60.8 Å². The van der Waals surface area contributed by atoms with E-state index >= 15 is 0 Å². The molecule has 0 rings (SSSR count). The number of carbonyl (C=O) groups is 2. The van der Waals surface area contributed by atoms with Crippen molar-refractivity contribution in [1.29, 1.82) is 0 Å². The molecule has 0 bridgehead atoms. The van der Waals surface area contributed by atoms with Crippen molar-refractivity contribution in [3.63, 3.8) is 0 Å². The van der Waals surface area contributed by atoms with Crippen molar-refractivity contribution in [1.82, 2.24) is 0 Å². The summed E-state index contributed by atoms with van der Waals surface area (Å²) in [5.74, 6) is -0.561. The van der Waals surface area contributed by atoms with Crippen LogP contribution in [0.5, 0.6) is 0 Å². The molecular formula is C87H162O5. The first-order valence-corrected chi connectivity index (χ1v) is 41.8. The monoisotopic (exact) mass is 1290 g/mol. The fourth-order valence-corrected chi connectivity index (χ4v) is 13.1. The second kappa shape index (κ2) is 82.8. The Labute approximate surface area is 576 Å². The standard InChI is InChI=1S/C87H162O5/c1-3-5-7-9-11-13-15-17-19-21-23-25-27-29-31-33-35-37-39-41-42-43-44-46-48-50-52-54-56-58-60-62-64-66-68-70-72-74-76-78-80-82-87(90)92-85(83-88)84-91-86(89)81-79-77-75-73-71-69-67-65-63-61-59-57-55-53-51-49-47-45-40-38-36-34-32-30-28-26-24-22-20-18-16-14-12-10-8-6-4-2/h5,7,11,13,17,19,22-25,85,88H,3-4,6,8-10,12,14-16,18,20-21,26-84H2,1-2H3/b7-5-,13-11-,19-17-,24-22-,25-23-. The summed E-state index contributed by atoms with van der Waals surface area (Å²) in [6.07, 6.45) is 115. The smallest absolute Gasteiger partial charge is 0.306 e. The molecule has 0 aliphatic heterocycles. The van der Waals surface area contributed by atoms with Crippen LogP contribution in [0.1, 0.15) is 463 Å². The Hall–Kier alpha value is -2.40. The van der Waals surface area contributed by atoms with Crippen LogP contribution in [0.25, 0.3) is 0 Å². The Morgan fingerprint density at radius 1 is 0.261 bits per heavy atom. The quantitative estimate of drug-likeness (QED) is 0.0373. The van der Waals surface area contributed by atoms with E-state index in [4.69, 9.17) is 9.47 Å². The van der Waals surface area contributed by atoms with Gasteiger partial charge in [0.1, 0.15) is 6.61 Å². The maximum absolute atomic E-state index is 12.4. The van der Waals surface area contributed by atoms with Gasteiger partial charge in [-0.3, -0.25) is 9.59 Å². The van der Waals surface area contributed by atoms with Crippen molar-refractivity contribution >= 4 is 11.9 Å². The highest BCUT2D eigenvalue weighted by atomic mass is 16.6. The predicted octanol–water partition coefficient (Wildman–Crippen LogP) is 29.6. The SMILES string of the molecule is CC/C=C\C/C=C\C/C=C\C/C=C\CCCCCCCCCCCCCCCCCCCCCCCCCCCCCCC(=O)OC(CO)COC(=O)CCCCCCCCCCCCCCCCCCCCCCCCCCC/C=C\CCCCCCCCCC. The lowest BCUT2D eigenvalue weighted by Gasteiger charge is -2.15.